The molecule has 1 N–H and O–H groups in total. The zero-order chi connectivity index (χ0) is 22.8. The first-order chi connectivity index (χ1) is 15.4. The predicted molar refractivity (Wildman–Crippen MR) is 130 cm³/mol. The van der Waals surface area contributed by atoms with Crippen molar-refractivity contribution in [1.29, 1.82) is 0 Å². The van der Waals surface area contributed by atoms with Crippen LogP contribution in [-0.2, 0) is 35.8 Å². The van der Waals surface area contributed by atoms with Crippen molar-refractivity contribution in [1.82, 2.24) is 14.8 Å². The molecule has 0 aliphatic heterocycles. The molecule has 4 rings (SSSR count). The molecule has 0 bridgehead atoms. The lowest BCUT2D eigenvalue weighted by molar-refractivity contribution is -0.113. The summed E-state index contributed by atoms with van der Waals surface area (Å²) in [6.45, 7) is 6.36. The number of amides is 1. The number of nitrogens with zero attached hydrogens (tertiary/aromatic N) is 3. The number of thioether (sulfide) groups is 1. The Labute approximate surface area is 199 Å². The molecular formula is C22H26N4O3S3. The Kier molecular flexibility index (Phi) is 7.02. The van der Waals surface area contributed by atoms with Gasteiger partial charge in [0.05, 0.1) is 17.9 Å². The number of aromatic nitrogens is 3. The van der Waals surface area contributed by atoms with Crippen molar-refractivity contribution < 1.29 is 14.3 Å². The van der Waals surface area contributed by atoms with Crippen molar-refractivity contribution in [3.05, 3.63) is 31.8 Å². The number of aryl methyl sites for hydroxylation is 2. The molecule has 10 heteroatoms. The van der Waals surface area contributed by atoms with Gasteiger partial charge in [-0.05, 0) is 50.7 Å². The number of hydrogen-bond acceptors (Lipinski definition) is 8. The van der Waals surface area contributed by atoms with Gasteiger partial charge in [-0.15, -0.1) is 32.9 Å². The molecule has 0 radical (unpaired) electrons. The highest BCUT2D eigenvalue weighted by Gasteiger charge is 2.28. The Hall–Kier alpha value is -2.17. The van der Waals surface area contributed by atoms with Crippen LogP contribution in [0, 0.1) is 6.92 Å². The third-order valence-corrected chi connectivity index (χ3v) is 8.70. The Balaban J connectivity index is 1.46. The second kappa shape index (κ2) is 9.76. The van der Waals surface area contributed by atoms with Gasteiger partial charge in [0, 0.05) is 27.7 Å². The summed E-state index contributed by atoms with van der Waals surface area (Å²) in [5.74, 6) is 0.463. The van der Waals surface area contributed by atoms with Crippen molar-refractivity contribution in [3.8, 4) is 11.4 Å². The second-order valence-corrected chi connectivity index (χ2v) is 10.7. The van der Waals surface area contributed by atoms with Gasteiger partial charge in [-0.25, -0.2) is 4.79 Å². The van der Waals surface area contributed by atoms with Crippen molar-refractivity contribution in [2.75, 3.05) is 17.7 Å². The van der Waals surface area contributed by atoms with Crippen molar-refractivity contribution in [3.63, 3.8) is 0 Å². The summed E-state index contributed by atoms with van der Waals surface area (Å²) in [6.07, 6.45) is 3.78. The van der Waals surface area contributed by atoms with Crippen LogP contribution in [0.1, 0.15) is 51.5 Å². The summed E-state index contributed by atoms with van der Waals surface area (Å²) >= 11 is 4.54. The molecule has 170 valence electrons. The van der Waals surface area contributed by atoms with Crippen LogP contribution in [0.2, 0.25) is 0 Å². The molecule has 1 aliphatic carbocycles. The van der Waals surface area contributed by atoms with E-state index in [0.29, 0.717) is 22.3 Å². The summed E-state index contributed by atoms with van der Waals surface area (Å²) < 4.78 is 7.17. The highest BCUT2D eigenvalue weighted by atomic mass is 32.2. The van der Waals surface area contributed by atoms with E-state index in [1.807, 2.05) is 11.6 Å². The summed E-state index contributed by atoms with van der Waals surface area (Å²) in [7, 11) is 1.92. The maximum absolute atomic E-state index is 12.7. The van der Waals surface area contributed by atoms with Crippen molar-refractivity contribution in [2.45, 2.75) is 51.6 Å². The van der Waals surface area contributed by atoms with Crippen molar-refractivity contribution >= 4 is 51.3 Å². The standard InChI is InChI=1S/C22H26N4O3S3/c1-5-13-12(3)30-10-15(13)19-24-25-22(26(19)4)31-11-17(27)23-20-18(21(28)29-6-2)14-8-7-9-16(14)32-20/h10H,5-9,11H2,1-4H3,(H,23,27). The van der Waals surface area contributed by atoms with Crippen LogP contribution in [0.4, 0.5) is 5.00 Å². The number of carbonyl (C=O) groups is 2. The van der Waals surface area contributed by atoms with Crippen LogP contribution in [0.3, 0.4) is 0 Å². The molecule has 1 aliphatic rings. The maximum atomic E-state index is 12.7. The molecule has 0 unspecified atom stereocenters. The van der Waals surface area contributed by atoms with Gasteiger partial charge >= 0.3 is 5.97 Å². The predicted octanol–water partition coefficient (Wildman–Crippen LogP) is 4.87. The number of anilines is 1. The molecule has 32 heavy (non-hydrogen) atoms. The summed E-state index contributed by atoms with van der Waals surface area (Å²) in [5, 5.41) is 15.0. The minimum absolute atomic E-state index is 0.175. The molecule has 0 saturated heterocycles. The number of fused-ring (bicyclic) bond motifs is 1. The molecular weight excluding hydrogens is 464 g/mol. The SMILES string of the molecule is CCOC(=O)c1c(NC(=O)CSc2nnc(-c3csc(C)c3CC)n2C)sc2c1CCC2. The first kappa shape index (κ1) is 23.0. The second-order valence-electron chi connectivity index (χ2n) is 7.52. The van der Waals surface area contributed by atoms with E-state index in [1.54, 1.807) is 18.3 Å². The zero-order valence-electron chi connectivity index (χ0n) is 18.6. The normalized spacial score (nSPS) is 12.8. The zero-order valence-corrected chi connectivity index (χ0v) is 21.1. The van der Waals surface area contributed by atoms with Crippen molar-refractivity contribution in [2.24, 2.45) is 7.05 Å². The van der Waals surface area contributed by atoms with E-state index in [0.717, 1.165) is 42.6 Å². The number of rotatable bonds is 8. The van der Waals surface area contributed by atoms with Gasteiger partial charge in [-0.1, -0.05) is 18.7 Å². The Morgan fingerprint density at radius 3 is 2.84 bits per heavy atom. The number of esters is 1. The Bertz CT molecular complexity index is 1160. The van der Waals surface area contributed by atoms with Crippen LogP contribution < -0.4 is 5.32 Å². The highest BCUT2D eigenvalue weighted by Crippen LogP contribution is 2.39. The number of carbonyl (C=O) groups excluding carboxylic acids is 2. The quantitative estimate of drug-likeness (QED) is 0.358. The lowest BCUT2D eigenvalue weighted by Crippen LogP contribution is -2.17. The molecule has 7 nitrogen and oxygen atoms in total. The van der Waals surface area contributed by atoms with Gasteiger partial charge in [0.15, 0.2) is 11.0 Å². The maximum Gasteiger partial charge on any atom is 0.341 e. The first-order valence-electron chi connectivity index (χ1n) is 10.7. The van der Waals surface area contributed by atoms with Gasteiger partial charge in [-0.2, -0.15) is 0 Å². The fourth-order valence-corrected chi connectivity index (χ4v) is 6.93. The van der Waals surface area contributed by atoms with Crippen LogP contribution in [-0.4, -0.2) is 39.0 Å². The molecule has 0 fully saturated rings. The van der Waals surface area contributed by atoms with E-state index in [9.17, 15) is 9.59 Å². The highest BCUT2D eigenvalue weighted by molar-refractivity contribution is 7.99. The monoisotopic (exact) mass is 490 g/mol. The lowest BCUT2D eigenvalue weighted by Gasteiger charge is -2.08. The van der Waals surface area contributed by atoms with Crippen LogP contribution >= 0.6 is 34.4 Å². The summed E-state index contributed by atoms with van der Waals surface area (Å²) in [6, 6.07) is 0. The number of nitrogens with one attached hydrogen (secondary N) is 1. The van der Waals surface area contributed by atoms with E-state index in [1.165, 1.54) is 38.4 Å². The Morgan fingerprint density at radius 2 is 2.09 bits per heavy atom. The van der Waals surface area contributed by atoms with Crippen LogP contribution in [0.5, 0.6) is 0 Å². The van der Waals surface area contributed by atoms with Gasteiger partial charge in [-0.3, -0.25) is 4.79 Å². The third kappa shape index (κ3) is 4.35. The van der Waals surface area contributed by atoms with Gasteiger partial charge in [0.1, 0.15) is 5.00 Å². The molecule has 0 saturated carbocycles. The lowest BCUT2D eigenvalue weighted by atomic mass is 10.1. The number of ether oxygens (including phenoxy) is 1. The largest absolute Gasteiger partial charge is 0.462 e. The average Bonchev–Trinajstić information content (AvgIpc) is 3.50. The van der Waals surface area contributed by atoms with E-state index >= 15 is 0 Å². The van der Waals surface area contributed by atoms with Gasteiger partial charge in [0.2, 0.25) is 5.91 Å². The van der Waals surface area contributed by atoms with E-state index in [4.69, 9.17) is 4.74 Å². The topological polar surface area (TPSA) is 86.1 Å². The summed E-state index contributed by atoms with van der Waals surface area (Å²) in [5.41, 5.74) is 3.96. The van der Waals surface area contributed by atoms with E-state index < -0.39 is 0 Å². The Morgan fingerprint density at radius 1 is 1.28 bits per heavy atom. The first-order valence-corrected chi connectivity index (χ1v) is 13.3. The van der Waals surface area contributed by atoms with Gasteiger partial charge in [0.25, 0.3) is 0 Å². The van der Waals surface area contributed by atoms with Crippen LogP contribution in [0.25, 0.3) is 11.4 Å². The molecule has 3 aromatic rings. The van der Waals surface area contributed by atoms with E-state index in [-0.39, 0.29) is 17.6 Å². The molecule has 0 atom stereocenters. The smallest absolute Gasteiger partial charge is 0.341 e. The summed E-state index contributed by atoms with van der Waals surface area (Å²) in [4.78, 5) is 27.7. The number of hydrogen-bond donors (Lipinski definition) is 1. The van der Waals surface area contributed by atoms with Gasteiger partial charge < -0.3 is 14.6 Å². The average molecular weight is 491 g/mol. The third-order valence-electron chi connectivity index (χ3n) is 5.52. The fourth-order valence-electron chi connectivity index (χ4n) is 3.99. The number of thiophene rings is 2. The minimum atomic E-state index is -0.356. The minimum Gasteiger partial charge on any atom is -0.462 e. The molecule has 3 heterocycles. The molecule has 3 aromatic heterocycles. The van der Waals surface area contributed by atoms with Crippen LogP contribution in [0.15, 0.2) is 10.5 Å². The molecule has 0 aromatic carbocycles. The fraction of sp³-hybridized carbons (Fsp3) is 0.455. The molecule has 1 amide bonds. The van der Waals surface area contributed by atoms with E-state index in [2.05, 4.69) is 34.7 Å². The molecule has 0 spiro atoms.